The number of benzene rings is 1. The highest BCUT2D eigenvalue weighted by Gasteiger charge is 2.09. The van der Waals surface area contributed by atoms with Crippen molar-refractivity contribution in [3.8, 4) is 5.69 Å². The zero-order valence-electron chi connectivity index (χ0n) is 7.97. The van der Waals surface area contributed by atoms with E-state index in [-0.39, 0.29) is 12.4 Å². The zero-order valence-corrected chi connectivity index (χ0v) is 7.97. The first-order valence-electron chi connectivity index (χ1n) is 4.58. The summed E-state index contributed by atoms with van der Waals surface area (Å²) in [6.07, 6.45) is 1.92. The zero-order chi connectivity index (χ0) is 10.7. The number of hydrogen-bond donors (Lipinski definition) is 1. The van der Waals surface area contributed by atoms with Crippen LogP contribution in [0.2, 0.25) is 0 Å². The van der Waals surface area contributed by atoms with E-state index in [2.05, 4.69) is 10.3 Å². The molecule has 0 fully saturated rings. The van der Waals surface area contributed by atoms with Gasteiger partial charge in [-0.3, -0.25) is 0 Å². The summed E-state index contributed by atoms with van der Waals surface area (Å²) in [7, 11) is 0. The highest BCUT2D eigenvalue weighted by molar-refractivity contribution is 5.33. The first kappa shape index (κ1) is 9.79. The number of nitrogens with zero attached hydrogens (tertiary/aromatic N) is 3. The summed E-state index contributed by atoms with van der Waals surface area (Å²) in [5, 5.41) is 16.3. The van der Waals surface area contributed by atoms with E-state index in [9.17, 15) is 4.39 Å². The predicted molar refractivity (Wildman–Crippen MR) is 52.1 cm³/mol. The minimum Gasteiger partial charge on any atom is -0.396 e. The van der Waals surface area contributed by atoms with Crippen molar-refractivity contribution in [3.05, 3.63) is 42.0 Å². The Kier molecular flexibility index (Phi) is 2.73. The molecule has 0 saturated heterocycles. The molecule has 5 heteroatoms. The molecule has 0 spiro atoms. The summed E-state index contributed by atoms with van der Waals surface area (Å²) < 4.78 is 14.8. The third kappa shape index (κ3) is 1.87. The highest BCUT2D eigenvalue weighted by Crippen LogP contribution is 2.13. The molecule has 2 rings (SSSR count). The topological polar surface area (TPSA) is 50.9 Å². The molecule has 0 amide bonds. The number of halogens is 1. The van der Waals surface area contributed by atoms with Crippen LogP contribution < -0.4 is 0 Å². The van der Waals surface area contributed by atoms with Crippen molar-refractivity contribution >= 4 is 0 Å². The molecule has 0 bridgehead atoms. The van der Waals surface area contributed by atoms with E-state index in [0.717, 1.165) is 0 Å². The van der Waals surface area contributed by atoms with E-state index in [4.69, 9.17) is 5.11 Å². The molecule has 0 aliphatic rings. The van der Waals surface area contributed by atoms with Gasteiger partial charge in [0.15, 0.2) is 0 Å². The fourth-order valence-electron chi connectivity index (χ4n) is 1.37. The summed E-state index contributed by atoms with van der Waals surface area (Å²) in [6, 6.07) is 6.31. The quantitative estimate of drug-likeness (QED) is 0.814. The van der Waals surface area contributed by atoms with Gasteiger partial charge in [0.1, 0.15) is 11.5 Å². The number of hydrogen-bond acceptors (Lipinski definition) is 3. The van der Waals surface area contributed by atoms with Gasteiger partial charge in [0, 0.05) is 13.0 Å². The first-order valence-corrected chi connectivity index (χ1v) is 4.58. The number of aliphatic hydroxyl groups is 1. The van der Waals surface area contributed by atoms with E-state index in [1.807, 2.05) is 0 Å². The van der Waals surface area contributed by atoms with Gasteiger partial charge in [-0.15, -0.1) is 5.10 Å². The molecule has 4 nitrogen and oxygen atoms in total. The smallest absolute Gasteiger partial charge is 0.148 e. The molecule has 0 aliphatic carbocycles. The molecule has 1 aromatic carbocycles. The van der Waals surface area contributed by atoms with Crippen molar-refractivity contribution in [1.82, 2.24) is 15.0 Å². The van der Waals surface area contributed by atoms with Gasteiger partial charge in [0.05, 0.1) is 11.9 Å². The summed E-state index contributed by atoms with van der Waals surface area (Å²) in [6.45, 7) is -0.0121. The summed E-state index contributed by atoms with van der Waals surface area (Å²) in [4.78, 5) is 0. The third-order valence-corrected chi connectivity index (χ3v) is 2.07. The highest BCUT2D eigenvalue weighted by atomic mass is 19.1. The van der Waals surface area contributed by atoms with E-state index in [0.29, 0.717) is 17.8 Å². The third-order valence-electron chi connectivity index (χ3n) is 2.07. The standard InChI is InChI=1S/C10H10FN3O/c11-9-3-1-2-4-10(9)14-8(5-6-15)7-12-13-14/h1-4,7,15H,5-6H2. The van der Waals surface area contributed by atoms with Crippen LogP contribution in [-0.4, -0.2) is 26.7 Å². The molecule has 1 heterocycles. The summed E-state index contributed by atoms with van der Waals surface area (Å²) >= 11 is 0. The van der Waals surface area contributed by atoms with Crippen LogP contribution in [0.1, 0.15) is 5.69 Å². The summed E-state index contributed by atoms with van der Waals surface area (Å²) in [5.74, 6) is -0.359. The number of para-hydroxylation sites is 1. The number of aliphatic hydroxyl groups excluding tert-OH is 1. The Morgan fingerprint density at radius 2 is 2.13 bits per heavy atom. The lowest BCUT2D eigenvalue weighted by Gasteiger charge is -2.05. The maximum atomic E-state index is 13.4. The predicted octanol–water partition coefficient (Wildman–Crippen LogP) is 0.941. The Morgan fingerprint density at radius 1 is 1.33 bits per heavy atom. The van der Waals surface area contributed by atoms with E-state index in [1.54, 1.807) is 18.2 Å². The molecular weight excluding hydrogens is 197 g/mol. The molecule has 0 aliphatic heterocycles. The van der Waals surface area contributed by atoms with E-state index >= 15 is 0 Å². The van der Waals surface area contributed by atoms with Crippen LogP contribution in [0.5, 0.6) is 0 Å². The Balaban J connectivity index is 2.45. The van der Waals surface area contributed by atoms with Crippen molar-refractivity contribution in [2.24, 2.45) is 0 Å². The van der Waals surface area contributed by atoms with Gasteiger partial charge in [-0.2, -0.15) is 0 Å². The van der Waals surface area contributed by atoms with Gasteiger partial charge < -0.3 is 5.11 Å². The SMILES string of the molecule is OCCc1cnnn1-c1ccccc1F. The fraction of sp³-hybridized carbons (Fsp3) is 0.200. The van der Waals surface area contributed by atoms with Crippen LogP contribution in [-0.2, 0) is 6.42 Å². The van der Waals surface area contributed by atoms with Crippen molar-refractivity contribution in [2.45, 2.75) is 6.42 Å². The van der Waals surface area contributed by atoms with Crippen LogP contribution in [0.4, 0.5) is 4.39 Å². The molecule has 1 aromatic heterocycles. The van der Waals surface area contributed by atoms with Gasteiger partial charge in [0.2, 0.25) is 0 Å². The maximum Gasteiger partial charge on any atom is 0.148 e. The average molecular weight is 207 g/mol. The Labute approximate surface area is 86.0 Å². The van der Waals surface area contributed by atoms with E-state index in [1.165, 1.54) is 16.9 Å². The number of aromatic nitrogens is 3. The molecule has 1 N–H and O–H groups in total. The second kappa shape index (κ2) is 4.18. The largest absolute Gasteiger partial charge is 0.396 e. The summed E-state index contributed by atoms with van der Waals surface area (Å²) in [5.41, 5.74) is 1.03. The molecule has 15 heavy (non-hydrogen) atoms. The number of rotatable bonds is 3. The molecule has 0 radical (unpaired) electrons. The Hall–Kier alpha value is -1.75. The van der Waals surface area contributed by atoms with Crippen LogP contribution in [0.3, 0.4) is 0 Å². The molecule has 0 atom stereocenters. The van der Waals surface area contributed by atoms with Gasteiger partial charge >= 0.3 is 0 Å². The lowest BCUT2D eigenvalue weighted by atomic mass is 10.3. The van der Waals surface area contributed by atoms with Crippen molar-refractivity contribution in [2.75, 3.05) is 6.61 Å². The second-order valence-corrected chi connectivity index (χ2v) is 3.06. The molecule has 0 saturated carbocycles. The fourth-order valence-corrected chi connectivity index (χ4v) is 1.37. The normalized spacial score (nSPS) is 10.5. The molecule has 78 valence electrons. The lowest BCUT2D eigenvalue weighted by Crippen LogP contribution is -2.06. The molecule has 0 unspecified atom stereocenters. The average Bonchev–Trinajstić information content (AvgIpc) is 2.67. The second-order valence-electron chi connectivity index (χ2n) is 3.06. The minimum absolute atomic E-state index is 0.0121. The van der Waals surface area contributed by atoms with Crippen molar-refractivity contribution in [1.29, 1.82) is 0 Å². The monoisotopic (exact) mass is 207 g/mol. The van der Waals surface area contributed by atoms with E-state index < -0.39 is 0 Å². The van der Waals surface area contributed by atoms with Crippen LogP contribution in [0.15, 0.2) is 30.5 Å². The van der Waals surface area contributed by atoms with Crippen LogP contribution in [0.25, 0.3) is 5.69 Å². The van der Waals surface area contributed by atoms with Crippen molar-refractivity contribution < 1.29 is 9.50 Å². The molecule has 2 aromatic rings. The maximum absolute atomic E-state index is 13.4. The Bertz CT molecular complexity index is 455. The van der Waals surface area contributed by atoms with Gasteiger partial charge in [-0.1, -0.05) is 17.3 Å². The van der Waals surface area contributed by atoms with Gasteiger partial charge in [-0.05, 0) is 12.1 Å². The lowest BCUT2D eigenvalue weighted by molar-refractivity contribution is 0.297. The van der Waals surface area contributed by atoms with Crippen LogP contribution >= 0.6 is 0 Å². The Morgan fingerprint density at radius 3 is 2.87 bits per heavy atom. The van der Waals surface area contributed by atoms with Crippen LogP contribution in [0, 0.1) is 5.82 Å². The van der Waals surface area contributed by atoms with Crippen molar-refractivity contribution in [3.63, 3.8) is 0 Å². The van der Waals surface area contributed by atoms with Gasteiger partial charge in [-0.25, -0.2) is 9.07 Å². The molecular formula is C10H10FN3O. The first-order chi connectivity index (χ1) is 7.33. The minimum atomic E-state index is -0.359. The van der Waals surface area contributed by atoms with Gasteiger partial charge in [0.25, 0.3) is 0 Å².